The minimum Gasteiger partial charge on any atom is -0.344 e. The largest absolute Gasteiger partial charge is 0.344 e. The van der Waals surface area contributed by atoms with Crippen molar-refractivity contribution in [2.75, 3.05) is 5.75 Å². The maximum atomic E-state index is 14.9. The van der Waals surface area contributed by atoms with Gasteiger partial charge in [0.1, 0.15) is 24.2 Å². The molecule has 5 rings (SSSR count). The first-order chi connectivity index (χ1) is 26.2. The number of carbonyl (C=O) groups is 7. The molecule has 4 fully saturated rings. The molecule has 2 unspecified atom stereocenters. The molecule has 5 N–H and O–H groups in total. The van der Waals surface area contributed by atoms with Crippen molar-refractivity contribution in [1.29, 1.82) is 0 Å². The van der Waals surface area contributed by atoms with Gasteiger partial charge in [0.05, 0.1) is 12.1 Å². The number of hydrogen-bond donors (Lipinski definition) is 5. The first-order valence-electron chi connectivity index (χ1n) is 20.3. The van der Waals surface area contributed by atoms with E-state index in [4.69, 9.17) is 0 Å². The lowest BCUT2D eigenvalue weighted by molar-refractivity contribution is -0.147. The van der Waals surface area contributed by atoms with Crippen LogP contribution in [-0.2, 0) is 28.8 Å². The fraction of sp³-hybridized carbons (Fsp3) is 0.683. The maximum absolute atomic E-state index is 14.9. The molecule has 2 saturated carbocycles. The number of fused-ring (bicyclic) bond motifs is 1. The third kappa shape index (κ3) is 10.5. The minimum atomic E-state index is -1.07. The molecular formula is C41H60N6O7S. The third-order valence-corrected chi connectivity index (χ3v) is 12.7. The molecule has 0 spiro atoms. The number of hydrogen-bond acceptors (Lipinski definition) is 8. The highest BCUT2D eigenvalue weighted by atomic mass is 32.2. The van der Waals surface area contributed by atoms with Gasteiger partial charge in [0.25, 0.3) is 11.1 Å². The number of nitrogens with one attached hydrogen (secondary N) is 5. The van der Waals surface area contributed by atoms with E-state index in [1.54, 1.807) is 11.8 Å². The normalized spacial score (nSPS) is 25.0. The second-order valence-electron chi connectivity index (χ2n) is 16.9. The highest BCUT2D eigenvalue weighted by Crippen LogP contribution is 2.41. The van der Waals surface area contributed by atoms with Crippen LogP contribution in [0, 0.1) is 17.3 Å². The summed E-state index contributed by atoms with van der Waals surface area (Å²) < 4.78 is 0. The van der Waals surface area contributed by atoms with Gasteiger partial charge in [-0.2, -0.15) is 0 Å². The van der Waals surface area contributed by atoms with Crippen LogP contribution in [0.4, 0.5) is 4.79 Å². The second kappa shape index (κ2) is 18.8. The number of amides is 6. The van der Waals surface area contributed by atoms with Gasteiger partial charge in [-0.05, 0) is 68.3 Å². The molecule has 2 saturated heterocycles. The van der Waals surface area contributed by atoms with Crippen molar-refractivity contribution < 1.29 is 33.6 Å². The molecule has 2 aliphatic heterocycles. The summed E-state index contributed by atoms with van der Waals surface area (Å²) in [7, 11) is 0. The Hall–Kier alpha value is -3.94. The zero-order valence-corrected chi connectivity index (χ0v) is 33.8. The van der Waals surface area contributed by atoms with Crippen LogP contribution in [0.15, 0.2) is 30.3 Å². The van der Waals surface area contributed by atoms with Gasteiger partial charge in [-0.1, -0.05) is 108 Å². The summed E-state index contributed by atoms with van der Waals surface area (Å²) in [6.45, 7) is 9.26. The van der Waals surface area contributed by atoms with E-state index in [0.717, 1.165) is 68.7 Å². The van der Waals surface area contributed by atoms with Gasteiger partial charge in [0, 0.05) is 11.8 Å². The Bertz CT molecular complexity index is 1580. The van der Waals surface area contributed by atoms with Gasteiger partial charge in [-0.25, -0.2) is 0 Å². The average molecular weight is 781 g/mol. The van der Waals surface area contributed by atoms with E-state index in [9.17, 15) is 33.6 Å². The topological polar surface area (TPSA) is 183 Å². The molecule has 55 heavy (non-hydrogen) atoms. The summed E-state index contributed by atoms with van der Waals surface area (Å²) in [4.78, 5) is 97.1. The van der Waals surface area contributed by atoms with Crippen LogP contribution in [-0.4, -0.2) is 87.5 Å². The van der Waals surface area contributed by atoms with E-state index in [2.05, 4.69) is 26.6 Å². The molecule has 1 aromatic carbocycles. The fourth-order valence-electron chi connectivity index (χ4n) is 8.76. The number of benzene rings is 1. The predicted molar refractivity (Wildman–Crippen MR) is 211 cm³/mol. The summed E-state index contributed by atoms with van der Waals surface area (Å²) in [6, 6.07) is 4.04. The van der Waals surface area contributed by atoms with Gasteiger partial charge in [0.15, 0.2) is 0 Å². The number of nitrogens with zero attached hydrogens (tertiary/aromatic N) is 1. The first-order valence-corrected chi connectivity index (χ1v) is 21.2. The Morgan fingerprint density at radius 1 is 0.873 bits per heavy atom. The average Bonchev–Trinajstić information content (AvgIpc) is 3.79. The Morgan fingerprint density at radius 3 is 2.18 bits per heavy atom. The molecule has 14 heteroatoms. The van der Waals surface area contributed by atoms with Crippen molar-refractivity contribution in [3.63, 3.8) is 0 Å². The number of carbonyl (C=O) groups excluding carboxylic acids is 7. The first kappa shape index (κ1) is 42.2. The quantitative estimate of drug-likeness (QED) is 0.173. The van der Waals surface area contributed by atoms with Crippen LogP contribution >= 0.6 is 11.8 Å². The van der Waals surface area contributed by atoms with Crippen LogP contribution in [0.1, 0.15) is 123 Å². The third-order valence-electron chi connectivity index (χ3n) is 11.8. The van der Waals surface area contributed by atoms with Crippen molar-refractivity contribution >= 4 is 52.3 Å². The summed E-state index contributed by atoms with van der Waals surface area (Å²) in [6.07, 6.45) is 9.04. The molecule has 0 radical (unpaired) electrons. The smallest absolute Gasteiger partial charge is 0.290 e. The minimum absolute atomic E-state index is 0.0777. The SMILES string of the molecule is CCCC(NC(=O)[C@H]1C[C@@H]2CCCC[C@@H]2N1C(=O)[C@@H](NC(=O)[C@@H](NC(=O)C1CSC(=O)N1)C1CCCCC1)C(C)(C)C)C(=O)C(=O)N[C@@H](C)c1ccccc1. The van der Waals surface area contributed by atoms with Crippen LogP contribution < -0.4 is 26.6 Å². The Morgan fingerprint density at radius 2 is 1.55 bits per heavy atom. The van der Waals surface area contributed by atoms with Gasteiger partial charge >= 0.3 is 0 Å². The van der Waals surface area contributed by atoms with Crippen LogP contribution in [0.25, 0.3) is 0 Å². The van der Waals surface area contributed by atoms with Crippen molar-refractivity contribution in [3.05, 3.63) is 35.9 Å². The van der Waals surface area contributed by atoms with Gasteiger partial charge in [0.2, 0.25) is 29.4 Å². The summed E-state index contributed by atoms with van der Waals surface area (Å²) >= 11 is 1.03. The van der Waals surface area contributed by atoms with Gasteiger partial charge in [-0.3, -0.25) is 33.6 Å². The lowest BCUT2D eigenvalue weighted by Gasteiger charge is -2.40. The lowest BCUT2D eigenvalue weighted by atomic mass is 9.81. The number of ketones is 1. The Kier molecular flexibility index (Phi) is 14.4. The summed E-state index contributed by atoms with van der Waals surface area (Å²) in [5.74, 6) is -3.06. The van der Waals surface area contributed by atoms with Crippen molar-refractivity contribution in [1.82, 2.24) is 31.5 Å². The standard InChI is InChI=1S/C41H60N6O7S/c1-6-15-28(33(48)38(52)42-24(2)25-16-9-7-10-17-25)43-36(50)31-22-27-20-13-14-21-30(27)47(31)39(53)34(41(3,4)5)46-37(51)32(26-18-11-8-12-19-26)45-35(49)29-23-55-40(54)44-29/h7,9-10,16-17,24,26-32,34H,6,8,11-15,18-23H2,1-5H3,(H,42,52)(H,43,50)(H,44,54)(H,45,49)(H,46,51)/t24-,27-,28?,29?,30-,31+,32-,34+/m0/s1. The molecule has 13 nitrogen and oxygen atoms in total. The number of thioether (sulfide) groups is 1. The molecule has 4 aliphatic rings. The Balaban J connectivity index is 1.35. The van der Waals surface area contributed by atoms with E-state index in [-0.39, 0.29) is 41.2 Å². The second-order valence-corrected chi connectivity index (χ2v) is 17.9. The monoisotopic (exact) mass is 780 g/mol. The maximum Gasteiger partial charge on any atom is 0.290 e. The highest BCUT2D eigenvalue weighted by Gasteiger charge is 2.51. The van der Waals surface area contributed by atoms with Gasteiger partial charge in [-0.15, -0.1) is 0 Å². The molecule has 2 aliphatic carbocycles. The zero-order valence-electron chi connectivity index (χ0n) is 33.0. The number of Topliss-reactive ketones (excluding diaryl/α,β-unsaturated/α-hetero) is 1. The summed E-state index contributed by atoms with van der Waals surface area (Å²) in [5, 5.41) is 14.0. The van der Waals surface area contributed by atoms with Crippen LogP contribution in [0.5, 0.6) is 0 Å². The Labute approximate surface area is 329 Å². The molecular weight excluding hydrogens is 721 g/mol. The fourth-order valence-corrected chi connectivity index (χ4v) is 9.54. The van der Waals surface area contributed by atoms with Crippen LogP contribution in [0.3, 0.4) is 0 Å². The number of likely N-dealkylation sites (tertiary alicyclic amines) is 1. The number of rotatable bonds is 14. The molecule has 0 bridgehead atoms. The van der Waals surface area contributed by atoms with Gasteiger partial charge < -0.3 is 31.5 Å². The van der Waals surface area contributed by atoms with E-state index in [1.165, 1.54) is 0 Å². The molecule has 6 amide bonds. The van der Waals surface area contributed by atoms with E-state index in [0.29, 0.717) is 19.3 Å². The molecule has 8 atom stereocenters. The van der Waals surface area contributed by atoms with E-state index < -0.39 is 71.1 Å². The van der Waals surface area contributed by atoms with Crippen molar-refractivity contribution in [2.24, 2.45) is 17.3 Å². The predicted octanol–water partition coefficient (Wildman–Crippen LogP) is 4.30. The van der Waals surface area contributed by atoms with E-state index >= 15 is 0 Å². The molecule has 0 aromatic heterocycles. The van der Waals surface area contributed by atoms with Crippen molar-refractivity contribution in [2.45, 2.75) is 154 Å². The zero-order chi connectivity index (χ0) is 39.9. The summed E-state index contributed by atoms with van der Waals surface area (Å²) in [5.41, 5.74) is 0.0724. The lowest BCUT2D eigenvalue weighted by Crippen LogP contribution is -2.63. The van der Waals surface area contributed by atoms with Crippen molar-refractivity contribution in [3.8, 4) is 0 Å². The highest BCUT2D eigenvalue weighted by molar-refractivity contribution is 8.14. The van der Waals surface area contributed by atoms with Crippen LogP contribution in [0.2, 0.25) is 0 Å². The van der Waals surface area contributed by atoms with E-state index in [1.807, 2.05) is 58.0 Å². The molecule has 1 aromatic rings. The molecule has 2 heterocycles. The molecule has 302 valence electrons.